The van der Waals surface area contributed by atoms with E-state index < -0.39 is 11.8 Å². The molecule has 2 heterocycles. The number of ether oxygens (including phenoxy) is 2. The smallest absolute Gasteiger partial charge is 0.337 e. The van der Waals surface area contributed by atoms with Gasteiger partial charge in [0.05, 0.1) is 31.6 Å². The zero-order chi connectivity index (χ0) is 21.6. The number of carbonyl (C=O) groups is 1. The van der Waals surface area contributed by atoms with E-state index in [2.05, 4.69) is 30.7 Å². The van der Waals surface area contributed by atoms with Gasteiger partial charge in [0, 0.05) is 24.5 Å². The Morgan fingerprint density at radius 3 is 2.52 bits per heavy atom. The van der Waals surface area contributed by atoms with E-state index in [0.717, 1.165) is 30.5 Å². The quantitative estimate of drug-likeness (QED) is 0.518. The Morgan fingerprint density at radius 1 is 1.13 bits per heavy atom. The summed E-state index contributed by atoms with van der Waals surface area (Å²) in [4.78, 5) is 19.7. The number of aromatic nitrogens is 2. The summed E-state index contributed by atoms with van der Waals surface area (Å²) in [6.45, 7) is 2.34. The van der Waals surface area contributed by atoms with Crippen molar-refractivity contribution in [3.05, 3.63) is 71.7 Å². The highest BCUT2D eigenvalue weighted by atomic mass is 19.1. The van der Waals surface area contributed by atoms with E-state index in [4.69, 9.17) is 4.74 Å². The molecule has 1 aliphatic heterocycles. The van der Waals surface area contributed by atoms with E-state index in [-0.39, 0.29) is 17.9 Å². The highest BCUT2D eigenvalue weighted by molar-refractivity contribution is 5.89. The molecular formula is C22H22FN5O3. The van der Waals surface area contributed by atoms with Gasteiger partial charge in [-0.1, -0.05) is 12.1 Å². The molecule has 0 bridgehead atoms. The standard InChI is InChI=1S/C22H22FN5O3/c1-30-21(29)15-4-8-16(9-5-15)26-20-18(23)12-25-22(28-20)27-17-6-2-14(3-7-17)19-13-24-10-11-31-19/h2-9,12,19,24H,10-11,13H2,1H3,(H2,25,26,27,28). The lowest BCUT2D eigenvalue weighted by atomic mass is 10.1. The molecule has 1 unspecified atom stereocenters. The third-order valence-electron chi connectivity index (χ3n) is 4.78. The van der Waals surface area contributed by atoms with Gasteiger partial charge in [0.25, 0.3) is 0 Å². The Balaban J connectivity index is 1.44. The summed E-state index contributed by atoms with van der Waals surface area (Å²) < 4.78 is 24.6. The lowest BCUT2D eigenvalue weighted by Crippen LogP contribution is -2.33. The van der Waals surface area contributed by atoms with Crippen LogP contribution in [0.5, 0.6) is 0 Å². The monoisotopic (exact) mass is 423 g/mol. The number of nitrogens with one attached hydrogen (secondary N) is 3. The third kappa shape index (κ3) is 5.14. The van der Waals surface area contributed by atoms with Gasteiger partial charge in [-0.2, -0.15) is 4.98 Å². The lowest BCUT2D eigenvalue weighted by molar-refractivity contribution is 0.0277. The summed E-state index contributed by atoms with van der Waals surface area (Å²) in [6, 6.07) is 14.2. The zero-order valence-electron chi connectivity index (χ0n) is 16.9. The molecule has 0 spiro atoms. The summed E-state index contributed by atoms with van der Waals surface area (Å²) in [6.07, 6.45) is 1.13. The Kier molecular flexibility index (Phi) is 6.34. The van der Waals surface area contributed by atoms with Crippen LogP contribution in [0.3, 0.4) is 0 Å². The summed E-state index contributed by atoms with van der Waals surface area (Å²) >= 11 is 0. The Bertz CT molecular complexity index is 1040. The van der Waals surface area contributed by atoms with E-state index in [0.29, 0.717) is 17.9 Å². The van der Waals surface area contributed by atoms with Crippen molar-refractivity contribution in [3.8, 4) is 0 Å². The summed E-state index contributed by atoms with van der Waals surface area (Å²) in [5.74, 6) is -0.775. The van der Waals surface area contributed by atoms with Crippen LogP contribution in [-0.4, -0.2) is 42.7 Å². The number of esters is 1. The first-order chi connectivity index (χ1) is 15.1. The highest BCUT2D eigenvalue weighted by Crippen LogP contribution is 2.23. The van der Waals surface area contributed by atoms with Crippen molar-refractivity contribution in [2.75, 3.05) is 37.4 Å². The highest BCUT2D eigenvalue weighted by Gasteiger charge is 2.15. The average Bonchev–Trinajstić information content (AvgIpc) is 2.82. The molecule has 1 atom stereocenters. The van der Waals surface area contributed by atoms with Crippen LogP contribution in [0, 0.1) is 5.82 Å². The number of hydrogen-bond acceptors (Lipinski definition) is 8. The second-order valence-corrected chi connectivity index (χ2v) is 6.89. The second-order valence-electron chi connectivity index (χ2n) is 6.89. The van der Waals surface area contributed by atoms with Gasteiger partial charge in [-0.3, -0.25) is 0 Å². The average molecular weight is 423 g/mol. The second kappa shape index (κ2) is 9.50. The predicted octanol–water partition coefficient (Wildman–Crippen LogP) is 3.55. The number of rotatable bonds is 6. The first-order valence-electron chi connectivity index (χ1n) is 9.79. The van der Waals surface area contributed by atoms with Crippen LogP contribution in [-0.2, 0) is 9.47 Å². The third-order valence-corrected chi connectivity index (χ3v) is 4.78. The Morgan fingerprint density at radius 2 is 1.84 bits per heavy atom. The summed E-state index contributed by atoms with van der Waals surface area (Å²) in [5.41, 5.74) is 2.82. The number of methoxy groups -OCH3 is 1. The van der Waals surface area contributed by atoms with Crippen molar-refractivity contribution >= 4 is 29.1 Å². The zero-order valence-corrected chi connectivity index (χ0v) is 16.9. The number of benzene rings is 2. The Hall–Kier alpha value is -3.56. The molecule has 0 aliphatic carbocycles. The first kappa shape index (κ1) is 20.7. The minimum atomic E-state index is -0.597. The van der Waals surface area contributed by atoms with Gasteiger partial charge in [-0.05, 0) is 42.0 Å². The summed E-state index contributed by atoms with van der Waals surface area (Å²) in [7, 11) is 1.31. The number of nitrogens with zero attached hydrogens (tertiary/aromatic N) is 2. The van der Waals surface area contributed by atoms with Crippen LogP contribution >= 0.6 is 0 Å². The van der Waals surface area contributed by atoms with E-state index >= 15 is 0 Å². The van der Waals surface area contributed by atoms with Gasteiger partial charge in [0.2, 0.25) is 5.95 Å². The van der Waals surface area contributed by atoms with E-state index in [1.54, 1.807) is 24.3 Å². The van der Waals surface area contributed by atoms with Gasteiger partial charge < -0.3 is 25.4 Å². The molecule has 1 fully saturated rings. The van der Waals surface area contributed by atoms with Crippen LogP contribution in [0.15, 0.2) is 54.7 Å². The molecule has 0 saturated carbocycles. The molecule has 0 amide bonds. The topological polar surface area (TPSA) is 97.4 Å². The normalized spacial score (nSPS) is 15.9. The van der Waals surface area contributed by atoms with Gasteiger partial charge in [0.15, 0.2) is 11.6 Å². The molecule has 160 valence electrons. The Labute approximate surface area is 178 Å². The first-order valence-corrected chi connectivity index (χ1v) is 9.79. The molecular weight excluding hydrogens is 401 g/mol. The van der Waals surface area contributed by atoms with Crippen molar-refractivity contribution in [1.82, 2.24) is 15.3 Å². The minimum Gasteiger partial charge on any atom is -0.465 e. The van der Waals surface area contributed by atoms with Crippen LogP contribution in [0.2, 0.25) is 0 Å². The molecule has 1 saturated heterocycles. The maximum absolute atomic E-state index is 14.2. The van der Waals surface area contributed by atoms with Crippen LogP contribution in [0.25, 0.3) is 0 Å². The summed E-state index contributed by atoms with van der Waals surface area (Å²) in [5, 5.41) is 9.27. The molecule has 2 aromatic carbocycles. The maximum Gasteiger partial charge on any atom is 0.337 e. The fourth-order valence-corrected chi connectivity index (χ4v) is 3.15. The molecule has 8 nitrogen and oxygen atoms in total. The van der Waals surface area contributed by atoms with Crippen molar-refractivity contribution in [1.29, 1.82) is 0 Å². The number of halogens is 1. The van der Waals surface area contributed by atoms with Crippen molar-refractivity contribution in [2.45, 2.75) is 6.10 Å². The number of anilines is 4. The van der Waals surface area contributed by atoms with E-state index in [9.17, 15) is 9.18 Å². The SMILES string of the molecule is COC(=O)c1ccc(Nc2nc(Nc3ccc(C4CNCCO4)cc3)ncc2F)cc1. The predicted molar refractivity (Wildman–Crippen MR) is 114 cm³/mol. The number of morpholine rings is 1. The van der Waals surface area contributed by atoms with Crippen molar-refractivity contribution < 1.29 is 18.7 Å². The molecule has 3 N–H and O–H groups in total. The van der Waals surface area contributed by atoms with Gasteiger partial charge in [-0.15, -0.1) is 0 Å². The molecule has 3 aromatic rings. The van der Waals surface area contributed by atoms with Gasteiger partial charge in [0.1, 0.15) is 0 Å². The molecule has 1 aliphatic rings. The number of hydrogen-bond donors (Lipinski definition) is 3. The molecule has 4 rings (SSSR count). The molecule has 9 heteroatoms. The molecule has 1 aromatic heterocycles. The van der Waals surface area contributed by atoms with Crippen LogP contribution in [0.4, 0.5) is 27.5 Å². The largest absolute Gasteiger partial charge is 0.465 e. The number of carbonyl (C=O) groups excluding carboxylic acids is 1. The fraction of sp³-hybridized carbons (Fsp3) is 0.227. The van der Waals surface area contributed by atoms with Crippen molar-refractivity contribution in [3.63, 3.8) is 0 Å². The van der Waals surface area contributed by atoms with E-state index in [1.807, 2.05) is 24.3 Å². The van der Waals surface area contributed by atoms with Gasteiger partial charge in [-0.25, -0.2) is 14.2 Å². The maximum atomic E-state index is 14.2. The van der Waals surface area contributed by atoms with Crippen LogP contribution in [0.1, 0.15) is 22.0 Å². The lowest BCUT2D eigenvalue weighted by Gasteiger charge is -2.24. The fourth-order valence-electron chi connectivity index (χ4n) is 3.15. The molecule has 0 radical (unpaired) electrons. The van der Waals surface area contributed by atoms with Gasteiger partial charge >= 0.3 is 5.97 Å². The molecule has 31 heavy (non-hydrogen) atoms. The van der Waals surface area contributed by atoms with Crippen LogP contribution < -0.4 is 16.0 Å². The van der Waals surface area contributed by atoms with E-state index in [1.165, 1.54) is 7.11 Å². The van der Waals surface area contributed by atoms with Crippen molar-refractivity contribution in [2.24, 2.45) is 0 Å². The minimum absolute atomic E-state index is 0.0154.